The lowest BCUT2D eigenvalue weighted by Gasteiger charge is -2.19. The molecule has 1 aromatic carbocycles. The number of carbonyl (C=O) groups excluding carboxylic acids is 1. The normalized spacial score (nSPS) is 11.4. The highest BCUT2D eigenvalue weighted by Gasteiger charge is 2.21. The van der Waals surface area contributed by atoms with E-state index in [9.17, 15) is 9.18 Å². The number of carbonyl (C=O) groups is 1. The predicted octanol–water partition coefficient (Wildman–Crippen LogP) is 4.04. The molecule has 3 nitrogen and oxygen atoms in total. The second-order valence-electron chi connectivity index (χ2n) is 5.17. The van der Waals surface area contributed by atoms with E-state index in [1.807, 2.05) is 0 Å². The first-order chi connectivity index (χ1) is 8.87. The number of esters is 1. The monoisotopic (exact) mass is 262 g/mol. The summed E-state index contributed by atoms with van der Waals surface area (Å²) in [5.74, 6) is -0.742. The lowest BCUT2D eigenvalue weighted by atomic mass is 10.1. The fourth-order valence-electron chi connectivity index (χ4n) is 1.61. The largest absolute Gasteiger partial charge is 0.464 e. The predicted molar refractivity (Wildman–Crippen MR) is 69.3 cm³/mol. The summed E-state index contributed by atoms with van der Waals surface area (Å²) in [5.41, 5.74) is -0.150. The SMILES string of the molecule is CC(C)(C)OC(=O)c1ccc(-c2ccco2)cc1F. The van der Waals surface area contributed by atoms with Crippen LogP contribution in [0.1, 0.15) is 31.1 Å². The minimum atomic E-state index is -0.670. The van der Waals surface area contributed by atoms with Gasteiger partial charge in [0.1, 0.15) is 17.2 Å². The van der Waals surface area contributed by atoms with Crippen molar-refractivity contribution < 1.29 is 18.3 Å². The average Bonchev–Trinajstić information content (AvgIpc) is 2.79. The Balaban J connectivity index is 2.27. The molecule has 0 saturated carbocycles. The Hall–Kier alpha value is -2.10. The molecule has 0 spiro atoms. The highest BCUT2D eigenvalue weighted by Crippen LogP contribution is 2.23. The summed E-state index contributed by atoms with van der Waals surface area (Å²) in [6.07, 6.45) is 1.51. The third kappa shape index (κ3) is 3.22. The van der Waals surface area contributed by atoms with Gasteiger partial charge in [-0.2, -0.15) is 0 Å². The molecule has 0 atom stereocenters. The van der Waals surface area contributed by atoms with Crippen LogP contribution in [0.4, 0.5) is 4.39 Å². The fraction of sp³-hybridized carbons (Fsp3) is 0.267. The maximum Gasteiger partial charge on any atom is 0.341 e. The Kier molecular flexibility index (Phi) is 3.42. The van der Waals surface area contributed by atoms with Gasteiger partial charge in [-0.1, -0.05) is 6.07 Å². The Morgan fingerprint density at radius 3 is 2.53 bits per heavy atom. The molecule has 0 fully saturated rings. The summed E-state index contributed by atoms with van der Waals surface area (Å²) in [6.45, 7) is 5.21. The Labute approximate surface area is 111 Å². The van der Waals surface area contributed by atoms with E-state index < -0.39 is 17.4 Å². The van der Waals surface area contributed by atoms with Crippen LogP contribution >= 0.6 is 0 Å². The van der Waals surface area contributed by atoms with Crippen LogP contribution in [0.3, 0.4) is 0 Å². The Bertz CT molecular complexity index is 580. The first-order valence-electron chi connectivity index (χ1n) is 5.93. The zero-order chi connectivity index (χ0) is 14.0. The van der Waals surface area contributed by atoms with Gasteiger partial charge in [-0.15, -0.1) is 0 Å². The van der Waals surface area contributed by atoms with Gasteiger partial charge in [0.2, 0.25) is 0 Å². The van der Waals surface area contributed by atoms with Crippen LogP contribution in [0.2, 0.25) is 0 Å². The van der Waals surface area contributed by atoms with Crippen LogP contribution in [-0.2, 0) is 4.74 Å². The molecule has 0 saturated heterocycles. The molecule has 0 aliphatic heterocycles. The van der Waals surface area contributed by atoms with E-state index in [1.165, 1.54) is 18.4 Å². The van der Waals surface area contributed by atoms with Crippen molar-refractivity contribution in [3.05, 3.63) is 48.0 Å². The second-order valence-corrected chi connectivity index (χ2v) is 5.17. The third-order valence-electron chi connectivity index (χ3n) is 2.39. The van der Waals surface area contributed by atoms with Gasteiger partial charge in [-0.05, 0) is 45.0 Å². The Morgan fingerprint density at radius 2 is 2.00 bits per heavy atom. The quantitative estimate of drug-likeness (QED) is 0.767. The molecule has 0 radical (unpaired) electrons. The van der Waals surface area contributed by atoms with E-state index in [-0.39, 0.29) is 5.56 Å². The standard InChI is InChI=1S/C15H15FO3/c1-15(2,3)19-14(17)11-7-6-10(9-12(11)16)13-5-4-8-18-13/h4-9H,1-3H3. The molecule has 4 heteroatoms. The molecule has 0 amide bonds. The molecule has 0 aliphatic carbocycles. The van der Waals surface area contributed by atoms with Crippen LogP contribution < -0.4 is 0 Å². The zero-order valence-electron chi connectivity index (χ0n) is 11.1. The Morgan fingerprint density at radius 1 is 1.26 bits per heavy atom. The molecule has 0 unspecified atom stereocenters. The topological polar surface area (TPSA) is 39.4 Å². The van der Waals surface area contributed by atoms with E-state index in [0.29, 0.717) is 11.3 Å². The lowest BCUT2D eigenvalue weighted by Crippen LogP contribution is -2.24. The van der Waals surface area contributed by atoms with E-state index in [2.05, 4.69) is 0 Å². The van der Waals surface area contributed by atoms with Crippen molar-refractivity contribution in [2.24, 2.45) is 0 Å². The highest BCUT2D eigenvalue weighted by atomic mass is 19.1. The van der Waals surface area contributed by atoms with E-state index in [4.69, 9.17) is 9.15 Å². The van der Waals surface area contributed by atoms with Crippen LogP contribution in [0, 0.1) is 5.82 Å². The van der Waals surface area contributed by atoms with Crippen molar-refractivity contribution in [2.45, 2.75) is 26.4 Å². The van der Waals surface area contributed by atoms with Crippen molar-refractivity contribution in [2.75, 3.05) is 0 Å². The smallest absolute Gasteiger partial charge is 0.341 e. The summed E-state index contributed by atoms with van der Waals surface area (Å²) in [6, 6.07) is 7.73. The van der Waals surface area contributed by atoms with Crippen molar-refractivity contribution in [1.29, 1.82) is 0 Å². The van der Waals surface area contributed by atoms with Gasteiger partial charge < -0.3 is 9.15 Å². The first kappa shape index (κ1) is 13.3. The van der Waals surface area contributed by atoms with Crippen molar-refractivity contribution in [1.82, 2.24) is 0 Å². The van der Waals surface area contributed by atoms with E-state index >= 15 is 0 Å². The average molecular weight is 262 g/mol. The van der Waals surface area contributed by atoms with Gasteiger partial charge in [-0.25, -0.2) is 9.18 Å². The molecule has 2 aromatic rings. The van der Waals surface area contributed by atoms with Crippen LogP contribution in [-0.4, -0.2) is 11.6 Å². The number of benzene rings is 1. The third-order valence-corrected chi connectivity index (χ3v) is 2.39. The number of rotatable bonds is 2. The van der Waals surface area contributed by atoms with Crippen LogP contribution in [0.15, 0.2) is 41.0 Å². The van der Waals surface area contributed by atoms with Gasteiger partial charge >= 0.3 is 5.97 Å². The molecule has 19 heavy (non-hydrogen) atoms. The van der Waals surface area contributed by atoms with Gasteiger partial charge in [0.05, 0.1) is 11.8 Å². The zero-order valence-corrected chi connectivity index (χ0v) is 11.1. The van der Waals surface area contributed by atoms with E-state index in [0.717, 1.165) is 0 Å². The molecule has 1 heterocycles. The molecule has 100 valence electrons. The molecule has 1 aromatic heterocycles. The van der Waals surface area contributed by atoms with Crippen molar-refractivity contribution >= 4 is 5.97 Å². The number of hydrogen-bond donors (Lipinski definition) is 0. The molecule has 0 N–H and O–H groups in total. The summed E-state index contributed by atoms with van der Waals surface area (Å²) in [4.78, 5) is 11.8. The van der Waals surface area contributed by atoms with Crippen LogP contribution in [0.25, 0.3) is 11.3 Å². The molecule has 2 rings (SSSR count). The van der Waals surface area contributed by atoms with Crippen molar-refractivity contribution in [3.63, 3.8) is 0 Å². The lowest BCUT2D eigenvalue weighted by molar-refractivity contribution is 0.00648. The molecule has 0 bridgehead atoms. The number of hydrogen-bond acceptors (Lipinski definition) is 3. The van der Waals surface area contributed by atoms with Gasteiger partial charge in [-0.3, -0.25) is 0 Å². The fourth-order valence-corrected chi connectivity index (χ4v) is 1.61. The van der Waals surface area contributed by atoms with Gasteiger partial charge in [0.25, 0.3) is 0 Å². The maximum atomic E-state index is 13.9. The van der Waals surface area contributed by atoms with Gasteiger partial charge in [0, 0.05) is 5.56 Å². The summed E-state index contributed by atoms with van der Waals surface area (Å²) < 4.78 is 24.2. The summed E-state index contributed by atoms with van der Waals surface area (Å²) in [7, 11) is 0. The molecular formula is C15H15FO3. The number of halogens is 1. The minimum Gasteiger partial charge on any atom is -0.464 e. The summed E-state index contributed by atoms with van der Waals surface area (Å²) >= 11 is 0. The second kappa shape index (κ2) is 4.88. The first-order valence-corrected chi connectivity index (χ1v) is 5.93. The summed E-state index contributed by atoms with van der Waals surface area (Å²) in [5, 5.41) is 0. The number of furan rings is 1. The molecule has 0 aliphatic rings. The van der Waals surface area contributed by atoms with E-state index in [1.54, 1.807) is 39.0 Å². The van der Waals surface area contributed by atoms with Gasteiger partial charge in [0.15, 0.2) is 0 Å². The van der Waals surface area contributed by atoms with Crippen LogP contribution in [0.5, 0.6) is 0 Å². The highest BCUT2D eigenvalue weighted by molar-refractivity contribution is 5.90. The minimum absolute atomic E-state index is 0.0785. The van der Waals surface area contributed by atoms with Crippen molar-refractivity contribution in [3.8, 4) is 11.3 Å². The molecular weight excluding hydrogens is 247 g/mol. The number of ether oxygens (including phenoxy) is 1. The maximum absolute atomic E-state index is 13.9.